The van der Waals surface area contributed by atoms with E-state index in [2.05, 4.69) is 0 Å². The summed E-state index contributed by atoms with van der Waals surface area (Å²) in [7, 11) is 0. The first-order valence-corrected chi connectivity index (χ1v) is 4.44. The van der Waals surface area contributed by atoms with Gasteiger partial charge >= 0.3 is 0 Å². The summed E-state index contributed by atoms with van der Waals surface area (Å²) in [6.07, 6.45) is -0.338. The molecule has 4 heteroatoms. The Bertz CT molecular complexity index is 297. The van der Waals surface area contributed by atoms with Crippen molar-refractivity contribution >= 4 is 0 Å². The number of rotatable bonds is 3. The molecule has 0 fully saturated rings. The highest BCUT2D eigenvalue weighted by Crippen LogP contribution is 2.18. The van der Waals surface area contributed by atoms with E-state index in [-0.39, 0.29) is 5.56 Å². The van der Waals surface area contributed by atoms with E-state index in [4.69, 9.17) is 5.73 Å². The molecule has 1 aromatic rings. The van der Waals surface area contributed by atoms with Gasteiger partial charge in [-0.1, -0.05) is 6.92 Å². The van der Waals surface area contributed by atoms with Crippen LogP contribution >= 0.6 is 0 Å². The zero-order valence-electron chi connectivity index (χ0n) is 7.87. The van der Waals surface area contributed by atoms with Gasteiger partial charge in [0.1, 0.15) is 11.6 Å². The van der Waals surface area contributed by atoms with Crippen LogP contribution in [0.25, 0.3) is 0 Å². The van der Waals surface area contributed by atoms with Crippen LogP contribution in [0.4, 0.5) is 8.78 Å². The van der Waals surface area contributed by atoms with Crippen LogP contribution in [0.1, 0.15) is 24.9 Å². The maximum absolute atomic E-state index is 12.8. The molecule has 0 amide bonds. The normalized spacial score (nSPS) is 15.2. The SMILES string of the molecule is CCC(O)C(N)c1cc(F)cc(F)c1. The van der Waals surface area contributed by atoms with Crippen molar-refractivity contribution in [2.24, 2.45) is 5.73 Å². The summed E-state index contributed by atoms with van der Waals surface area (Å²) in [5.74, 6) is -1.36. The summed E-state index contributed by atoms with van der Waals surface area (Å²) in [6, 6.07) is 2.29. The Kier molecular flexibility index (Phi) is 3.55. The van der Waals surface area contributed by atoms with E-state index in [1.165, 1.54) is 0 Å². The standard InChI is InChI=1S/C10H13F2NO/c1-2-9(14)10(13)6-3-7(11)5-8(12)4-6/h3-5,9-10,14H,2,13H2,1H3. The third-order valence-electron chi connectivity index (χ3n) is 2.10. The number of aliphatic hydroxyl groups excluding tert-OH is 1. The molecule has 0 radical (unpaired) electrons. The van der Waals surface area contributed by atoms with E-state index in [1.807, 2.05) is 0 Å². The van der Waals surface area contributed by atoms with E-state index < -0.39 is 23.8 Å². The van der Waals surface area contributed by atoms with Gasteiger partial charge in [-0.2, -0.15) is 0 Å². The van der Waals surface area contributed by atoms with Crippen molar-refractivity contribution in [3.63, 3.8) is 0 Å². The maximum atomic E-state index is 12.8. The van der Waals surface area contributed by atoms with Crippen LogP contribution in [0.2, 0.25) is 0 Å². The monoisotopic (exact) mass is 201 g/mol. The number of hydrogen-bond donors (Lipinski definition) is 2. The van der Waals surface area contributed by atoms with Crippen LogP contribution in [0.3, 0.4) is 0 Å². The fraction of sp³-hybridized carbons (Fsp3) is 0.400. The smallest absolute Gasteiger partial charge is 0.126 e. The van der Waals surface area contributed by atoms with Crippen LogP contribution < -0.4 is 5.73 Å². The van der Waals surface area contributed by atoms with Gasteiger partial charge in [-0.15, -0.1) is 0 Å². The third-order valence-corrected chi connectivity index (χ3v) is 2.10. The average molecular weight is 201 g/mol. The van der Waals surface area contributed by atoms with Crippen molar-refractivity contribution in [3.8, 4) is 0 Å². The molecule has 0 saturated carbocycles. The minimum Gasteiger partial charge on any atom is -0.391 e. The number of hydrogen-bond acceptors (Lipinski definition) is 2. The van der Waals surface area contributed by atoms with Crippen LogP contribution in [-0.2, 0) is 0 Å². The van der Waals surface area contributed by atoms with Crippen molar-refractivity contribution in [1.82, 2.24) is 0 Å². The summed E-state index contributed by atoms with van der Waals surface area (Å²) < 4.78 is 25.6. The fourth-order valence-corrected chi connectivity index (χ4v) is 1.24. The molecule has 0 aliphatic carbocycles. The van der Waals surface area contributed by atoms with Gasteiger partial charge in [0.15, 0.2) is 0 Å². The molecule has 0 aliphatic heterocycles. The van der Waals surface area contributed by atoms with Crippen molar-refractivity contribution in [2.75, 3.05) is 0 Å². The highest BCUT2D eigenvalue weighted by atomic mass is 19.1. The molecule has 2 unspecified atom stereocenters. The number of nitrogens with two attached hydrogens (primary N) is 1. The van der Waals surface area contributed by atoms with Crippen molar-refractivity contribution in [1.29, 1.82) is 0 Å². The second kappa shape index (κ2) is 4.48. The summed E-state index contributed by atoms with van der Waals surface area (Å²) >= 11 is 0. The lowest BCUT2D eigenvalue weighted by Crippen LogP contribution is -2.25. The fourth-order valence-electron chi connectivity index (χ4n) is 1.24. The minimum atomic E-state index is -0.781. The highest BCUT2D eigenvalue weighted by molar-refractivity contribution is 5.21. The van der Waals surface area contributed by atoms with Crippen LogP contribution in [0.5, 0.6) is 0 Å². The zero-order chi connectivity index (χ0) is 10.7. The predicted octanol–water partition coefficient (Wildman–Crippen LogP) is 1.74. The molecule has 1 rings (SSSR count). The second-order valence-electron chi connectivity index (χ2n) is 3.20. The second-order valence-corrected chi connectivity index (χ2v) is 3.20. The van der Waals surface area contributed by atoms with Crippen LogP contribution in [-0.4, -0.2) is 11.2 Å². The first-order valence-electron chi connectivity index (χ1n) is 4.44. The summed E-state index contributed by atoms with van der Waals surface area (Å²) in [6.45, 7) is 1.75. The number of benzene rings is 1. The number of halogens is 2. The summed E-state index contributed by atoms with van der Waals surface area (Å²) in [5, 5.41) is 9.39. The van der Waals surface area contributed by atoms with Gasteiger partial charge in [0.25, 0.3) is 0 Å². The lowest BCUT2D eigenvalue weighted by molar-refractivity contribution is 0.140. The molecule has 78 valence electrons. The van der Waals surface area contributed by atoms with Gasteiger partial charge < -0.3 is 10.8 Å². The van der Waals surface area contributed by atoms with Gasteiger partial charge in [0.2, 0.25) is 0 Å². The molecular formula is C10H13F2NO. The molecule has 0 aliphatic rings. The van der Waals surface area contributed by atoms with E-state index >= 15 is 0 Å². The molecule has 0 heterocycles. The lowest BCUT2D eigenvalue weighted by atomic mass is 10.0. The Labute approximate surface area is 81.4 Å². The lowest BCUT2D eigenvalue weighted by Gasteiger charge is -2.17. The topological polar surface area (TPSA) is 46.2 Å². The Morgan fingerprint density at radius 2 is 1.79 bits per heavy atom. The molecule has 14 heavy (non-hydrogen) atoms. The summed E-state index contributed by atoms with van der Waals surface area (Å²) in [5.41, 5.74) is 5.88. The van der Waals surface area contributed by atoms with E-state index in [0.29, 0.717) is 6.42 Å². The van der Waals surface area contributed by atoms with E-state index in [1.54, 1.807) is 6.92 Å². The molecule has 0 spiro atoms. The molecule has 2 nitrogen and oxygen atoms in total. The molecule has 0 bridgehead atoms. The molecule has 1 aromatic carbocycles. The average Bonchev–Trinajstić information content (AvgIpc) is 2.14. The first-order chi connectivity index (χ1) is 6.54. The van der Waals surface area contributed by atoms with Crippen LogP contribution in [0.15, 0.2) is 18.2 Å². The Hall–Kier alpha value is -1.00. The number of aliphatic hydroxyl groups is 1. The Morgan fingerprint density at radius 1 is 1.29 bits per heavy atom. The molecule has 0 saturated heterocycles. The summed E-state index contributed by atoms with van der Waals surface area (Å²) in [4.78, 5) is 0. The van der Waals surface area contributed by atoms with E-state index in [9.17, 15) is 13.9 Å². The van der Waals surface area contributed by atoms with Crippen molar-refractivity contribution in [3.05, 3.63) is 35.4 Å². The van der Waals surface area contributed by atoms with Gasteiger partial charge in [-0.05, 0) is 24.1 Å². The minimum absolute atomic E-state index is 0.275. The maximum Gasteiger partial charge on any atom is 0.126 e. The quantitative estimate of drug-likeness (QED) is 0.782. The third kappa shape index (κ3) is 2.49. The first kappa shape index (κ1) is 11.1. The predicted molar refractivity (Wildman–Crippen MR) is 49.6 cm³/mol. The van der Waals surface area contributed by atoms with Gasteiger partial charge in [0.05, 0.1) is 12.1 Å². The van der Waals surface area contributed by atoms with Crippen molar-refractivity contribution in [2.45, 2.75) is 25.5 Å². The molecule has 0 aromatic heterocycles. The highest BCUT2D eigenvalue weighted by Gasteiger charge is 2.16. The van der Waals surface area contributed by atoms with Gasteiger partial charge in [-0.25, -0.2) is 8.78 Å². The largest absolute Gasteiger partial charge is 0.391 e. The van der Waals surface area contributed by atoms with Gasteiger partial charge in [0, 0.05) is 6.07 Å². The Morgan fingerprint density at radius 3 is 2.21 bits per heavy atom. The zero-order valence-corrected chi connectivity index (χ0v) is 7.87. The van der Waals surface area contributed by atoms with E-state index in [0.717, 1.165) is 18.2 Å². The molecule has 2 atom stereocenters. The molecular weight excluding hydrogens is 188 g/mol. The van der Waals surface area contributed by atoms with Crippen molar-refractivity contribution < 1.29 is 13.9 Å². The molecule has 3 N–H and O–H groups in total. The van der Waals surface area contributed by atoms with Crippen LogP contribution in [0, 0.1) is 11.6 Å². The van der Waals surface area contributed by atoms with Gasteiger partial charge in [-0.3, -0.25) is 0 Å². The Balaban J connectivity index is 2.94.